The number of aromatic nitrogens is 5. The lowest BCUT2D eigenvalue weighted by Crippen LogP contribution is -2.17. The molecule has 1 amide bonds. The Hall–Kier alpha value is -4.11. The molecule has 9 heteroatoms. The van der Waals surface area contributed by atoms with Gasteiger partial charge in [-0.25, -0.2) is 5.43 Å². The number of hydrazone groups is 1. The number of ether oxygens (including phenoxy) is 1. The van der Waals surface area contributed by atoms with Crippen molar-refractivity contribution in [1.82, 2.24) is 30.2 Å². The summed E-state index contributed by atoms with van der Waals surface area (Å²) in [5.41, 5.74) is 8.14. The zero-order valence-electron chi connectivity index (χ0n) is 19.5. The average molecular weight is 458 g/mol. The minimum atomic E-state index is -0.277. The molecule has 0 bridgehead atoms. The van der Waals surface area contributed by atoms with Crippen LogP contribution in [0.5, 0.6) is 0 Å². The van der Waals surface area contributed by atoms with Gasteiger partial charge in [0.2, 0.25) is 5.82 Å². The maximum Gasteiger partial charge on any atom is 0.271 e. The Balaban J connectivity index is 1.34. The van der Waals surface area contributed by atoms with Crippen molar-refractivity contribution in [2.75, 3.05) is 13.7 Å². The number of hydrogen-bond donors (Lipinski definition) is 1. The summed E-state index contributed by atoms with van der Waals surface area (Å²) in [5.74, 6) is 0.301. The smallest absolute Gasteiger partial charge is 0.271 e. The standard InChI is InChI=1S/C25H27N7O2/c1-18-15-23(19(2)31(18)13-14-34-3)16-26-28-25(33)22-11-9-20(10-12-22)17-32-29-24(27-30-32)21-7-5-4-6-8-21/h4-12,15-16H,13-14,17H2,1-3H3,(H,28,33)/b26-16-. The second-order valence-corrected chi connectivity index (χ2v) is 7.88. The highest BCUT2D eigenvalue weighted by molar-refractivity contribution is 5.95. The third-order valence-electron chi connectivity index (χ3n) is 5.53. The molecule has 0 saturated heterocycles. The van der Waals surface area contributed by atoms with Crippen LogP contribution in [-0.4, -0.2) is 50.6 Å². The van der Waals surface area contributed by atoms with Gasteiger partial charge in [0.15, 0.2) is 0 Å². The molecule has 4 rings (SSSR count). The summed E-state index contributed by atoms with van der Waals surface area (Å²) in [6, 6.07) is 19.0. The Labute approximate surface area is 198 Å². The van der Waals surface area contributed by atoms with Crippen LogP contribution in [-0.2, 0) is 17.8 Å². The molecule has 9 nitrogen and oxygen atoms in total. The summed E-state index contributed by atoms with van der Waals surface area (Å²) in [6.07, 6.45) is 1.67. The summed E-state index contributed by atoms with van der Waals surface area (Å²) < 4.78 is 7.33. The van der Waals surface area contributed by atoms with Gasteiger partial charge in [0.25, 0.3) is 5.91 Å². The maximum absolute atomic E-state index is 12.5. The SMILES string of the molecule is COCCn1c(C)cc(/C=N\NC(=O)c2ccc(Cn3nnc(-c4ccccc4)n3)cc2)c1C. The molecule has 34 heavy (non-hydrogen) atoms. The number of amides is 1. The molecule has 1 N–H and O–H groups in total. The van der Waals surface area contributed by atoms with E-state index in [-0.39, 0.29) is 5.91 Å². The molecule has 0 aliphatic carbocycles. The van der Waals surface area contributed by atoms with E-state index in [2.05, 4.69) is 30.5 Å². The minimum Gasteiger partial charge on any atom is -0.383 e. The molecule has 174 valence electrons. The van der Waals surface area contributed by atoms with E-state index >= 15 is 0 Å². The van der Waals surface area contributed by atoms with Crippen molar-refractivity contribution in [2.45, 2.75) is 26.9 Å². The van der Waals surface area contributed by atoms with Crippen LogP contribution < -0.4 is 5.43 Å². The van der Waals surface area contributed by atoms with Crippen molar-refractivity contribution in [3.63, 3.8) is 0 Å². The molecule has 0 atom stereocenters. The van der Waals surface area contributed by atoms with Gasteiger partial charge in [-0.15, -0.1) is 10.2 Å². The molecule has 2 heterocycles. The van der Waals surface area contributed by atoms with E-state index in [1.807, 2.05) is 62.4 Å². The van der Waals surface area contributed by atoms with Gasteiger partial charge in [0, 0.05) is 41.7 Å². The molecular weight excluding hydrogens is 430 g/mol. The van der Waals surface area contributed by atoms with E-state index in [9.17, 15) is 4.79 Å². The first-order chi connectivity index (χ1) is 16.5. The maximum atomic E-state index is 12.5. The van der Waals surface area contributed by atoms with Gasteiger partial charge in [-0.1, -0.05) is 42.5 Å². The quantitative estimate of drug-likeness (QED) is 0.307. The second-order valence-electron chi connectivity index (χ2n) is 7.88. The van der Waals surface area contributed by atoms with E-state index < -0.39 is 0 Å². The van der Waals surface area contributed by atoms with Crippen molar-refractivity contribution in [3.05, 3.63) is 88.7 Å². The van der Waals surface area contributed by atoms with Crippen LogP contribution in [0.1, 0.15) is 32.9 Å². The number of nitrogens with zero attached hydrogens (tertiary/aromatic N) is 6. The summed E-state index contributed by atoms with van der Waals surface area (Å²) in [4.78, 5) is 14.0. The largest absolute Gasteiger partial charge is 0.383 e. The monoisotopic (exact) mass is 457 g/mol. The van der Waals surface area contributed by atoms with E-state index in [1.165, 1.54) is 4.80 Å². The number of hydrogen-bond acceptors (Lipinski definition) is 6. The molecule has 2 aromatic heterocycles. The predicted molar refractivity (Wildman–Crippen MR) is 130 cm³/mol. The van der Waals surface area contributed by atoms with E-state index in [0.717, 1.165) is 34.6 Å². The van der Waals surface area contributed by atoms with Gasteiger partial charge >= 0.3 is 0 Å². The van der Waals surface area contributed by atoms with Gasteiger partial charge in [-0.05, 0) is 42.8 Å². The van der Waals surface area contributed by atoms with Gasteiger partial charge in [-0.3, -0.25) is 4.79 Å². The molecule has 0 spiro atoms. The highest BCUT2D eigenvalue weighted by Gasteiger charge is 2.09. The van der Waals surface area contributed by atoms with Crippen molar-refractivity contribution in [1.29, 1.82) is 0 Å². The number of tetrazole rings is 1. The number of nitrogens with one attached hydrogen (secondary N) is 1. The van der Waals surface area contributed by atoms with E-state index in [1.54, 1.807) is 25.5 Å². The van der Waals surface area contributed by atoms with Crippen LogP contribution in [0.4, 0.5) is 0 Å². The van der Waals surface area contributed by atoms with Crippen LogP contribution in [0, 0.1) is 13.8 Å². The van der Waals surface area contributed by atoms with E-state index in [0.29, 0.717) is 24.5 Å². The molecule has 0 unspecified atom stereocenters. The fourth-order valence-corrected chi connectivity index (χ4v) is 3.65. The first kappa shape index (κ1) is 23.1. The minimum absolute atomic E-state index is 0.277. The molecule has 0 aliphatic rings. The normalized spacial score (nSPS) is 11.3. The Kier molecular flexibility index (Phi) is 7.24. The van der Waals surface area contributed by atoms with Crippen molar-refractivity contribution in [3.8, 4) is 11.4 Å². The number of carbonyl (C=O) groups excluding carboxylic acids is 1. The Morgan fingerprint density at radius 1 is 1.12 bits per heavy atom. The van der Waals surface area contributed by atoms with Crippen molar-refractivity contribution in [2.24, 2.45) is 5.10 Å². The van der Waals surface area contributed by atoms with Crippen molar-refractivity contribution >= 4 is 12.1 Å². The van der Waals surface area contributed by atoms with Gasteiger partial charge in [0.1, 0.15) is 0 Å². The molecule has 2 aromatic carbocycles. The van der Waals surface area contributed by atoms with Crippen LogP contribution in [0.2, 0.25) is 0 Å². The lowest BCUT2D eigenvalue weighted by molar-refractivity contribution is 0.0955. The predicted octanol–water partition coefficient (Wildman–Crippen LogP) is 3.22. The average Bonchev–Trinajstić information content (AvgIpc) is 3.43. The third kappa shape index (κ3) is 5.44. The fraction of sp³-hybridized carbons (Fsp3) is 0.240. The Morgan fingerprint density at radius 3 is 2.62 bits per heavy atom. The molecule has 4 aromatic rings. The van der Waals surface area contributed by atoms with Crippen LogP contribution >= 0.6 is 0 Å². The molecule has 0 radical (unpaired) electrons. The van der Waals surface area contributed by atoms with Crippen LogP contribution in [0.25, 0.3) is 11.4 Å². The fourth-order valence-electron chi connectivity index (χ4n) is 3.65. The molecule has 0 fully saturated rings. The number of rotatable bonds is 9. The summed E-state index contributed by atoms with van der Waals surface area (Å²) >= 11 is 0. The van der Waals surface area contributed by atoms with Gasteiger partial charge in [0.05, 0.1) is 19.4 Å². The number of benzene rings is 2. The van der Waals surface area contributed by atoms with Crippen LogP contribution in [0.15, 0.2) is 65.8 Å². The number of methoxy groups -OCH3 is 1. The van der Waals surface area contributed by atoms with E-state index in [4.69, 9.17) is 4.74 Å². The topological polar surface area (TPSA) is 99.2 Å². The lowest BCUT2D eigenvalue weighted by atomic mass is 10.1. The highest BCUT2D eigenvalue weighted by atomic mass is 16.5. The zero-order chi connectivity index (χ0) is 23.9. The molecule has 0 saturated carbocycles. The Morgan fingerprint density at radius 2 is 1.88 bits per heavy atom. The first-order valence-corrected chi connectivity index (χ1v) is 11.0. The zero-order valence-corrected chi connectivity index (χ0v) is 19.5. The molecular formula is C25H27N7O2. The lowest BCUT2D eigenvalue weighted by Gasteiger charge is -2.08. The van der Waals surface area contributed by atoms with Gasteiger partial charge < -0.3 is 9.30 Å². The Bertz CT molecular complexity index is 1270. The molecule has 0 aliphatic heterocycles. The summed E-state index contributed by atoms with van der Waals surface area (Å²) in [5, 5.41) is 16.8. The van der Waals surface area contributed by atoms with Gasteiger partial charge in [-0.2, -0.15) is 9.90 Å². The highest BCUT2D eigenvalue weighted by Crippen LogP contribution is 2.14. The first-order valence-electron chi connectivity index (χ1n) is 11.0. The summed E-state index contributed by atoms with van der Waals surface area (Å²) in [7, 11) is 1.69. The second kappa shape index (κ2) is 10.7. The summed E-state index contributed by atoms with van der Waals surface area (Å²) in [6.45, 7) is 5.94. The number of aryl methyl sites for hydroxylation is 1. The number of carbonyl (C=O) groups is 1. The van der Waals surface area contributed by atoms with Crippen molar-refractivity contribution < 1.29 is 9.53 Å². The third-order valence-corrected chi connectivity index (χ3v) is 5.53. The van der Waals surface area contributed by atoms with Crippen LogP contribution in [0.3, 0.4) is 0 Å².